The quantitative estimate of drug-likeness (QED) is 0.718. The maximum Gasteiger partial charge on any atom is 0.141 e. The Morgan fingerprint density at radius 2 is 1.62 bits per heavy atom. The predicted octanol–water partition coefficient (Wildman–Crippen LogP) is 2.09. The van der Waals surface area contributed by atoms with Crippen molar-refractivity contribution < 1.29 is 0 Å². The van der Waals surface area contributed by atoms with Gasteiger partial charge in [-0.05, 0) is 31.9 Å². The van der Waals surface area contributed by atoms with Gasteiger partial charge in [0, 0.05) is 5.56 Å². The fourth-order valence-corrected chi connectivity index (χ4v) is 1.77. The lowest BCUT2D eigenvalue weighted by Crippen LogP contribution is -1.95. The molecule has 0 bridgehead atoms. The van der Waals surface area contributed by atoms with Crippen molar-refractivity contribution in [1.29, 1.82) is 0 Å². The monoisotopic (exact) mass is 214 g/mol. The molecule has 1 aromatic carbocycles. The molecule has 1 aromatic heterocycles. The van der Waals surface area contributed by atoms with E-state index in [1.54, 1.807) is 17.3 Å². The summed E-state index contributed by atoms with van der Waals surface area (Å²) in [5, 5.41) is 11.6. The standard InChI is InChI=1S/C12H14N4/c1-9-4-10(2)12(11(3)5-9)6-15-16-7-13-14-8-16/h4-8H,1-3H3/b15-6+. The van der Waals surface area contributed by atoms with Crippen LogP contribution in [0.25, 0.3) is 0 Å². The van der Waals surface area contributed by atoms with Crippen LogP contribution in [0.5, 0.6) is 0 Å². The van der Waals surface area contributed by atoms with E-state index < -0.39 is 0 Å². The first-order valence-corrected chi connectivity index (χ1v) is 5.13. The summed E-state index contributed by atoms with van der Waals surface area (Å²) in [6, 6.07) is 4.31. The summed E-state index contributed by atoms with van der Waals surface area (Å²) in [6.07, 6.45) is 4.97. The highest BCUT2D eigenvalue weighted by Crippen LogP contribution is 2.14. The normalized spacial score (nSPS) is 11.2. The Hall–Kier alpha value is -1.97. The Balaban J connectivity index is 2.35. The molecule has 0 unspecified atom stereocenters. The number of hydrogen-bond donors (Lipinski definition) is 0. The van der Waals surface area contributed by atoms with E-state index >= 15 is 0 Å². The van der Waals surface area contributed by atoms with E-state index in [9.17, 15) is 0 Å². The van der Waals surface area contributed by atoms with Gasteiger partial charge in [-0.2, -0.15) is 5.10 Å². The van der Waals surface area contributed by atoms with Crippen LogP contribution >= 0.6 is 0 Å². The molecule has 0 amide bonds. The maximum absolute atomic E-state index is 4.25. The van der Waals surface area contributed by atoms with Crippen LogP contribution in [0.4, 0.5) is 0 Å². The lowest BCUT2D eigenvalue weighted by Gasteiger charge is -2.06. The molecule has 0 aliphatic carbocycles. The molecule has 0 spiro atoms. The summed E-state index contributed by atoms with van der Waals surface area (Å²) in [7, 11) is 0. The number of aryl methyl sites for hydroxylation is 3. The molecule has 0 saturated carbocycles. The van der Waals surface area contributed by atoms with Crippen LogP contribution in [0, 0.1) is 20.8 Å². The summed E-state index contributed by atoms with van der Waals surface area (Å²) >= 11 is 0. The highest BCUT2D eigenvalue weighted by Gasteiger charge is 2.00. The van der Waals surface area contributed by atoms with Gasteiger partial charge >= 0.3 is 0 Å². The molecule has 2 aromatic rings. The van der Waals surface area contributed by atoms with Crippen molar-refractivity contribution in [1.82, 2.24) is 14.9 Å². The van der Waals surface area contributed by atoms with Gasteiger partial charge < -0.3 is 0 Å². The van der Waals surface area contributed by atoms with Gasteiger partial charge in [-0.25, -0.2) is 4.68 Å². The molecule has 0 atom stereocenters. The molecule has 4 nitrogen and oxygen atoms in total. The molecule has 82 valence electrons. The highest BCUT2D eigenvalue weighted by molar-refractivity contribution is 5.83. The van der Waals surface area contributed by atoms with Crippen LogP contribution in [0.1, 0.15) is 22.3 Å². The van der Waals surface area contributed by atoms with Crippen LogP contribution in [-0.2, 0) is 0 Å². The third-order valence-electron chi connectivity index (χ3n) is 2.46. The predicted molar refractivity (Wildman–Crippen MR) is 63.7 cm³/mol. The van der Waals surface area contributed by atoms with Crippen LogP contribution in [0.3, 0.4) is 0 Å². The van der Waals surface area contributed by atoms with E-state index in [2.05, 4.69) is 48.2 Å². The Bertz CT molecular complexity index is 489. The number of nitrogens with zero attached hydrogens (tertiary/aromatic N) is 4. The molecule has 0 aliphatic rings. The molecule has 0 aliphatic heterocycles. The summed E-state index contributed by atoms with van der Waals surface area (Å²) < 4.78 is 1.58. The lowest BCUT2D eigenvalue weighted by molar-refractivity contribution is 0.878. The number of aromatic nitrogens is 3. The third kappa shape index (κ3) is 2.16. The van der Waals surface area contributed by atoms with E-state index in [0.717, 1.165) is 5.56 Å². The van der Waals surface area contributed by atoms with Crippen LogP contribution in [0.15, 0.2) is 29.9 Å². The molecule has 0 fully saturated rings. The van der Waals surface area contributed by atoms with E-state index in [4.69, 9.17) is 0 Å². The van der Waals surface area contributed by atoms with Gasteiger partial charge in [0.1, 0.15) is 12.7 Å². The fourth-order valence-electron chi connectivity index (χ4n) is 1.77. The second-order valence-electron chi connectivity index (χ2n) is 3.90. The molecule has 2 rings (SSSR count). The van der Waals surface area contributed by atoms with Crippen molar-refractivity contribution in [2.45, 2.75) is 20.8 Å². The number of benzene rings is 1. The van der Waals surface area contributed by atoms with Crippen molar-refractivity contribution in [3.63, 3.8) is 0 Å². The zero-order chi connectivity index (χ0) is 11.5. The number of rotatable bonds is 2. The third-order valence-corrected chi connectivity index (χ3v) is 2.46. The molecule has 16 heavy (non-hydrogen) atoms. The second-order valence-corrected chi connectivity index (χ2v) is 3.90. The van der Waals surface area contributed by atoms with E-state index in [0.29, 0.717) is 0 Å². The van der Waals surface area contributed by atoms with Crippen molar-refractivity contribution in [3.05, 3.63) is 47.0 Å². The topological polar surface area (TPSA) is 43.1 Å². The zero-order valence-electron chi connectivity index (χ0n) is 9.68. The average molecular weight is 214 g/mol. The van der Waals surface area contributed by atoms with Crippen LogP contribution in [0.2, 0.25) is 0 Å². The molecule has 0 N–H and O–H groups in total. The highest BCUT2D eigenvalue weighted by atomic mass is 15.4. The van der Waals surface area contributed by atoms with Crippen LogP contribution in [-0.4, -0.2) is 21.1 Å². The maximum atomic E-state index is 4.25. The summed E-state index contributed by atoms with van der Waals surface area (Å²) in [6.45, 7) is 6.28. The smallest absolute Gasteiger partial charge is 0.141 e. The minimum atomic E-state index is 1.15. The largest absolute Gasteiger partial charge is 0.208 e. The van der Waals surface area contributed by atoms with Crippen molar-refractivity contribution >= 4 is 6.21 Å². The summed E-state index contributed by atoms with van der Waals surface area (Å²) in [5.41, 5.74) is 4.89. The Morgan fingerprint density at radius 3 is 2.19 bits per heavy atom. The summed E-state index contributed by atoms with van der Waals surface area (Å²) in [4.78, 5) is 0. The van der Waals surface area contributed by atoms with Gasteiger partial charge in [0.05, 0.1) is 6.21 Å². The van der Waals surface area contributed by atoms with Gasteiger partial charge in [0.15, 0.2) is 0 Å². The molecule has 0 radical (unpaired) electrons. The van der Waals surface area contributed by atoms with Gasteiger partial charge in [-0.3, -0.25) is 0 Å². The Morgan fingerprint density at radius 1 is 1.06 bits per heavy atom. The first-order valence-electron chi connectivity index (χ1n) is 5.13. The number of hydrogen-bond acceptors (Lipinski definition) is 3. The van der Waals surface area contributed by atoms with E-state index in [1.165, 1.54) is 16.7 Å². The van der Waals surface area contributed by atoms with Gasteiger partial charge in [-0.15, -0.1) is 10.2 Å². The van der Waals surface area contributed by atoms with Crippen LogP contribution < -0.4 is 0 Å². The zero-order valence-corrected chi connectivity index (χ0v) is 9.68. The molecular formula is C12H14N4. The van der Waals surface area contributed by atoms with Crippen molar-refractivity contribution in [2.24, 2.45) is 5.10 Å². The minimum absolute atomic E-state index is 1.15. The lowest BCUT2D eigenvalue weighted by atomic mass is 10.0. The van der Waals surface area contributed by atoms with Crippen molar-refractivity contribution in [2.75, 3.05) is 0 Å². The summed E-state index contributed by atoms with van der Waals surface area (Å²) in [5.74, 6) is 0. The second kappa shape index (κ2) is 4.26. The Labute approximate surface area is 94.6 Å². The molecule has 1 heterocycles. The van der Waals surface area contributed by atoms with Crippen molar-refractivity contribution in [3.8, 4) is 0 Å². The van der Waals surface area contributed by atoms with E-state index in [1.807, 2.05) is 6.21 Å². The SMILES string of the molecule is Cc1cc(C)c(/C=N/n2cnnc2)c(C)c1. The van der Waals surface area contributed by atoms with E-state index in [-0.39, 0.29) is 0 Å². The van der Waals surface area contributed by atoms with Gasteiger partial charge in [0.2, 0.25) is 0 Å². The molecular weight excluding hydrogens is 200 g/mol. The Kier molecular flexibility index (Phi) is 2.81. The molecule has 4 heteroatoms. The van der Waals surface area contributed by atoms with Gasteiger partial charge in [-0.1, -0.05) is 17.7 Å². The first-order chi connectivity index (χ1) is 7.66. The first kappa shape index (κ1) is 10.5. The van der Waals surface area contributed by atoms with Gasteiger partial charge in [0.25, 0.3) is 0 Å². The minimum Gasteiger partial charge on any atom is -0.208 e. The average Bonchev–Trinajstić information content (AvgIpc) is 2.68. The molecule has 0 saturated heterocycles. The fraction of sp³-hybridized carbons (Fsp3) is 0.250.